The molecule has 0 saturated carbocycles. The van der Waals surface area contributed by atoms with Gasteiger partial charge in [0, 0.05) is 32.8 Å². The highest BCUT2D eigenvalue weighted by atomic mass is 16.5. The molecule has 1 fully saturated rings. The lowest BCUT2D eigenvalue weighted by Gasteiger charge is -2.35. The zero-order valence-corrected chi connectivity index (χ0v) is 10.5. The molecule has 0 atom stereocenters. The van der Waals surface area contributed by atoms with Crippen LogP contribution in [0.4, 0.5) is 0 Å². The van der Waals surface area contributed by atoms with Gasteiger partial charge in [-0.2, -0.15) is 0 Å². The minimum absolute atomic E-state index is 0.206. The molecule has 0 spiro atoms. The number of hydrogen-bond acceptors (Lipinski definition) is 4. The molecule has 1 heterocycles. The molecule has 0 aromatic heterocycles. The van der Waals surface area contributed by atoms with Gasteiger partial charge in [0.1, 0.15) is 0 Å². The minimum Gasteiger partial charge on any atom is -0.396 e. The second-order valence-corrected chi connectivity index (χ2v) is 5.24. The van der Waals surface area contributed by atoms with Crippen LogP contribution in [0.5, 0.6) is 0 Å². The van der Waals surface area contributed by atoms with Gasteiger partial charge in [-0.1, -0.05) is 0 Å². The summed E-state index contributed by atoms with van der Waals surface area (Å²) in [7, 11) is 0. The van der Waals surface area contributed by atoms with Crippen LogP contribution in [0.3, 0.4) is 0 Å². The lowest BCUT2D eigenvalue weighted by molar-refractivity contribution is -0.0208. The van der Waals surface area contributed by atoms with E-state index in [1.165, 1.54) is 0 Å². The number of aliphatic hydroxyl groups excluding tert-OH is 1. The van der Waals surface area contributed by atoms with Gasteiger partial charge in [0.05, 0.1) is 11.7 Å². The summed E-state index contributed by atoms with van der Waals surface area (Å²) in [6.45, 7) is 7.27. The Balaban J connectivity index is 2.13. The van der Waals surface area contributed by atoms with E-state index in [1.54, 1.807) is 0 Å². The van der Waals surface area contributed by atoms with Gasteiger partial charge in [-0.15, -0.1) is 0 Å². The molecule has 1 saturated heterocycles. The number of aliphatic hydroxyl groups is 2. The van der Waals surface area contributed by atoms with E-state index in [0.717, 1.165) is 38.9 Å². The first-order valence-electron chi connectivity index (χ1n) is 6.18. The lowest BCUT2D eigenvalue weighted by atomic mass is 10.0. The first kappa shape index (κ1) is 13.9. The average Bonchev–Trinajstić information content (AvgIpc) is 2.19. The largest absolute Gasteiger partial charge is 0.396 e. The molecule has 0 amide bonds. The molecule has 1 aliphatic rings. The van der Waals surface area contributed by atoms with Crippen molar-refractivity contribution in [2.24, 2.45) is 0 Å². The summed E-state index contributed by atoms with van der Waals surface area (Å²) >= 11 is 0. The van der Waals surface area contributed by atoms with Gasteiger partial charge in [-0.3, -0.25) is 0 Å². The molecule has 0 radical (unpaired) electrons. The lowest BCUT2D eigenvalue weighted by Crippen LogP contribution is -2.44. The van der Waals surface area contributed by atoms with Gasteiger partial charge in [0.15, 0.2) is 0 Å². The third kappa shape index (κ3) is 5.80. The number of hydrogen-bond donors (Lipinski definition) is 2. The maximum absolute atomic E-state index is 9.71. The number of ether oxygens (including phenoxy) is 1. The fourth-order valence-electron chi connectivity index (χ4n) is 2.10. The summed E-state index contributed by atoms with van der Waals surface area (Å²) < 4.78 is 5.65. The zero-order valence-electron chi connectivity index (χ0n) is 10.5. The van der Waals surface area contributed by atoms with E-state index in [1.807, 2.05) is 13.8 Å². The second kappa shape index (κ2) is 6.55. The van der Waals surface area contributed by atoms with Crippen LogP contribution in [-0.2, 0) is 4.74 Å². The van der Waals surface area contributed by atoms with Crippen LogP contribution in [0.2, 0.25) is 0 Å². The van der Waals surface area contributed by atoms with Crippen LogP contribution in [0.15, 0.2) is 0 Å². The highest BCUT2D eigenvalue weighted by Gasteiger charge is 2.23. The fraction of sp³-hybridized carbons (Fsp3) is 1.00. The van der Waals surface area contributed by atoms with Crippen molar-refractivity contribution in [1.29, 1.82) is 0 Å². The number of nitrogens with zero attached hydrogens (tertiary/aromatic N) is 1. The van der Waals surface area contributed by atoms with Crippen molar-refractivity contribution in [1.82, 2.24) is 4.90 Å². The third-order valence-electron chi connectivity index (χ3n) is 2.80. The van der Waals surface area contributed by atoms with E-state index in [2.05, 4.69) is 4.90 Å². The standard InChI is InChI=1S/C12H25NO3/c1-12(2,15)10-13-6-4-11(5-7-13)16-9-3-8-14/h11,14-15H,3-10H2,1-2H3. The van der Waals surface area contributed by atoms with Gasteiger partial charge >= 0.3 is 0 Å². The van der Waals surface area contributed by atoms with Crippen LogP contribution in [-0.4, -0.2) is 59.7 Å². The van der Waals surface area contributed by atoms with E-state index in [0.29, 0.717) is 12.7 Å². The predicted octanol–water partition coefficient (Wildman–Crippen LogP) is 0.621. The Morgan fingerprint density at radius 2 is 1.94 bits per heavy atom. The quantitative estimate of drug-likeness (QED) is 0.658. The van der Waals surface area contributed by atoms with Gasteiger partial charge in [0.2, 0.25) is 0 Å². The molecule has 0 aliphatic carbocycles. The molecule has 4 heteroatoms. The maximum Gasteiger partial charge on any atom is 0.0718 e. The molecular formula is C12H25NO3. The summed E-state index contributed by atoms with van der Waals surface area (Å²) in [5.41, 5.74) is -0.607. The molecule has 1 rings (SSSR count). The maximum atomic E-state index is 9.71. The molecule has 0 bridgehead atoms. The van der Waals surface area contributed by atoms with E-state index in [9.17, 15) is 5.11 Å². The van der Waals surface area contributed by atoms with Crippen LogP contribution >= 0.6 is 0 Å². The van der Waals surface area contributed by atoms with Gasteiger partial charge < -0.3 is 19.8 Å². The molecule has 2 N–H and O–H groups in total. The van der Waals surface area contributed by atoms with Crippen molar-refractivity contribution in [3.63, 3.8) is 0 Å². The molecule has 0 unspecified atom stereocenters. The SMILES string of the molecule is CC(C)(O)CN1CCC(OCCCO)CC1. The van der Waals surface area contributed by atoms with Crippen molar-refractivity contribution in [2.45, 2.75) is 44.8 Å². The average molecular weight is 231 g/mol. The van der Waals surface area contributed by atoms with Gasteiger partial charge in [0.25, 0.3) is 0 Å². The van der Waals surface area contributed by atoms with E-state index in [-0.39, 0.29) is 6.61 Å². The molecule has 96 valence electrons. The Morgan fingerprint density at radius 1 is 1.31 bits per heavy atom. The molecule has 0 aromatic rings. The number of piperidine rings is 1. The van der Waals surface area contributed by atoms with E-state index in [4.69, 9.17) is 9.84 Å². The number of likely N-dealkylation sites (tertiary alicyclic amines) is 1. The second-order valence-electron chi connectivity index (χ2n) is 5.24. The highest BCUT2D eigenvalue weighted by molar-refractivity contribution is 4.78. The van der Waals surface area contributed by atoms with E-state index >= 15 is 0 Å². The Morgan fingerprint density at radius 3 is 2.44 bits per heavy atom. The van der Waals surface area contributed by atoms with Crippen LogP contribution in [0.25, 0.3) is 0 Å². The van der Waals surface area contributed by atoms with Crippen LogP contribution in [0, 0.1) is 0 Å². The molecule has 4 nitrogen and oxygen atoms in total. The fourth-order valence-corrected chi connectivity index (χ4v) is 2.10. The number of β-amino-alcohol motifs (C(OH)–C–C–N with tert-alkyl or cyclic N) is 1. The van der Waals surface area contributed by atoms with Crippen molar-refractivity contribution >= 4 is 0 Å². The summed E-state index contributed by atoms with van der Waals surface area (Å²) in [6.07, 6.45) is 3.12. The molecule has 1 aliphatic heterocycles. The molecule has 0 aromatic carbocycles. The first-order chi connectivity index (χ1) is 7.51. The Bertz CT molecular complexity index is 183. The van der Waals surface area contributed by atoms with Crippen molar-refractivity contribution < 1.29 is 14.9 Å². The molecule has 16 heavy (non-hydrogen) atoms. The van der Waals surface area contributed by atoms with Crippen molar-refractivity contribution in [3.8, 4) is 0 Å². The van der Waals surface area contributed by atoms with E-state index < -0.39 is 5.60 Å². The Labute approximate surface area is 98.2 Å². The van der Waals surface area contributed by atoms with Crippen molar-refractivity contribution in [3.05, 3.63) is 0 Å². The number of rotatable bonds is 6. The minimum atomic E-state index is -0.607. The normalized spacial score (nSPS) is 20.2. The molecular weight excluding hydrogens is 206 g/mol. The predicted molar refractivity (Wildman–Crippen MR) is 63.4 cm³/mol. The highest BCUT2D eigenvalue weighted by Crippen LogP contribution is 2.16. The topological polar surface area (TPSA) is 52.9 Å². The first-order valence-corrected chi connectivity index (χ1v) is 6.18. The summed E-state index contributed by atoms with van der Waals surface area (Å²) in [4.78, 5) is 2.28. The van der Waals surface area contributed by atoms with Crippen LogP contribution in [0.1, 0.15) is 33.1 Å². The van der Waals surface area contributed by atoms with Gasteiger partial charge in [-0.05, 0) is 33.1 Å². The summed E-state index contributed by atoms with van der Waals surface area (Å²) in [5.74, 6) is 0. The monoisotopic (exact) mass is 231 g/mol. The third-order valence-corrected chi connectivity index (χ3v) is 2.80. The van der Waals surface area contributed by atoms with Crippen LogP contribution < -0.4 is 0 Å². The Kier molecular flexibility index (Phi) is 5.69. The van der Waals surface area contributed by atoms with Crippen molar-refractivity contribution in [2.75, 3.05) is 32.8 Å². The van der Waals surface area contributed by atoms with Gasteiger partial charge in [-0.25, -0.2) is 0 Å². The smallest absolute Gasteiger partial charge is 0.0718 e. The zero-order chi connectivity index (χ0) is 12.0. The Hall–Kier alpha value is -0.160. The summed E-state index contributed by atoms with van der Waals surface area (Å²) in [5, 5.41) is 18.4. The summed E-state index contributed by atoms with van der Waals surface area (Å²) in [6, 6.07) is 0.